The Kier molecular flexibility index (Phi) is 11.4. The fourth-order valence-electron chi connectivity index (χ4n) is 3.63. The summed E-state index contributed by atoms with van der Waals surface area (Å²) in [6.45, 7) is 7.03. The van der Waals surface area contributed by atoms with Gasteiger partial charge < -0.3 is 5.32 Å². The Morgan fingerprint density at radius 2 is 1.05 bits per heavy atom. The highest BCUT2D eigenvalue weighted by Crippen LogP contribution is 2.24. The van der Waals surface area contributed by atoms with E-state index in [2.05, 4.69) is 19.2 Å². The van der Waals surface area contributed by atoms with Crippen molar-refractivity contribution in [2.45, 2.75) is 97.3 Å². The third-order valence-corrected chi connectivity index (χ3v) is 5.02. The summed E-state index contributed by atoms with van der Waals surface area (Å²) < 4.78 is 0. The zero-order chi connectivity index (χ0) is 14.5. The van der Waals surface area contributed by atoms with Gasteiger partial charge in [-0.05, 0) is 50.6 Å². The first-order valence-electron chi connectivity index (χ1n) is 9.57. The molecule has 0 radical (unpaired) electrons. The molecule has 20 heavy (non-hydrogen) atoms. The van der Waals surface area contributed by atoms with Gasteiger partial charge in [-0.3, -0.25) is 0 Å². The molecule has 120 valence electrons. The van der Waals surface area contributed by atoms with E-state index in [1.54, 1.807) is 0 Å². The van der Waals surface area contributed by atoms with Crippen LogP contribution in [0.5, 0.6) is 0 Å². The van der Waals surface area contributed by atoms with Gasteiger partial charge in [0.25, 0.3) is 0 Å². The highest BCUT2D eigenvalue weighted by Gasteiger charge is 2.15. The molecule has 1 heteroatoms. The van der Waals surface area contributed by atoms with Crippen LogP contribution in [-0.4, -0.2) is 13.1 Å². The first kappa shape index (κ1) is 18.0. The van der Waals surface area contributed by atoms with Crippen molar-refractivity contribution in [3.8, 4) is 0 Å². The molecule has 0 atom stereocenters. The molecule has 2 saturated carbocycles. The summed E-state index contributed by atoms with van der Waals surface area (Å²) in [5, 5.41) is 3.72. The molecule has 0 heterocycles. The second kappa shape index (κ2) is 12.7. The standard InChI is InChI=1S/C14H27N.C5H12/c1-3-7-13(8-4-1)11-15-12-14-9-5-2-6-10-14;1-3-5-4-2/h13-15H,1-12H2;3-5H2,1-2H3. The van der Waals surface area contributed by atoms with E-state index < -0.39 is 0 Å². The molecule has 2 fully saturated rings. The zero-order valence-electron chi connectivity index (χ0n) is 14.3. The van der Waals surface area contributed by atoms with Gasteiger partial charge in [0, 0.05) is 0 Å². The molecule has 0 amide bonds. The molecule has 2 aliphatic rings. The number of nitrogens with one attached hydrogen (secondary N) is 1. The summed E-state index contributed by atoms with van der Waals surface area (Å²) in [5.74, 6) is 2.00. The highest BCUT2D eigenvalue weighted by molar-refractivity contribution is 4.71. The van der Waals surface area contributed by atoms with Crippen LogP contribution in [0.3, 0.4) is 0 Å². The van der Waals surface area contributed by atoms with Crippen LogP contribution in [0.1, 0.15) is 97.3 Å². The average Bonchev–Trinajstić information content (AvgIpc) is 2.51. The maximum absolute atomic E-state index is 3.72. The number of unbranched alkanes of at least 4 members (excludes halogenated alkanes) is 2. The molecule has 0 aliphatic heterocycles. The van der Waals surface area contributed by atoms with E-state index >= 15 is 0 Å². The zero-order valence-corrected chi connectivity index (χ0v) is 14.3. The Balaban J connectivity index is 0.000000347. The lowest BCUT2D eigenvalue weighted by Crippen LogP contribution is -2.30. The van der Waals surface area contributed by atoms with E-state index in [4.69, 9.17) is 0 Å². The van der Waals surface area contributed by atoms with E-state index in [0.717, 1.165) is 11.8 Å². The van der Waals surface area contributed by atoms with Gasteiger partial charge in [0.15, 0.2) is 0 Å². The molecule has 0 saturated heterocycles. The van der Waals surface area contributed by atoms with E-state index in [-0.39, 0.29) is 0 Å². The van der Waals surface area contributed by atoms with Gasteiger partial charge in [-0.2, -0.15) is 0 Å². The normalized spacial score (nSPS) is 21.3. The van der Waals surface area contributed by atoms with Crippen molar-refractivity contribution in [1.29, 1.82) is 0 Å². The second-order valence-corrected chi connectivity index (χ2v) is 7.02. The third-order valence-electron chi connectivity index (χ3n) is 5.02. The summed E-state index contributed by atoms with van der Waals surface area (Å²) in [5.41, 5.74) is 0. The van der Waals surface area contributed by atoms with E-state index in [1.807, 2.05) is 0 Å². The summed E-state index contributed by atoms with van der Waals surface area (Å²) in [6, 6.07) is 0. The van der Waals surface area contributed by atoms with Crippen LogP contribution in [-0.2, 0) is 0 Å². The van der Waals surface area contributed by atoms with Crippen LogP contribution in [0.4, 0.5) is 0 Å². The van der Waals surface area contributed by atoms with E-state index in [1.165, 1.54) is 96.6 Å². The van der Waals surface area contributed by atoms with Gasteiger partial charge in [-0.25, -0.2) is 0 Å². The molecule has 0 aromatic carbocycles. The monoisotopic (exact) mass is 281 g/mol. The van der Waals surface area contributed by atoms with Crippen LogP contribution in [0.25, 0.3) is 0 Å². The Bertz CT molecular complexity index is 170. The van der Waals surface area contributed by atoms with Crippen molar-refractivity contribution >= 4 is 0 Å². The maximum atomic E-state index is 3.72. The molecule has 0 aromatic rings. The van der Waals surface area contributed by atoms with Gasteiger partial charge >= 0.3 is 0 Å². The van der Waals surface area contributed by atoms with E-state index in [9.17, 15) is 0 Å². The third kappa shape index (κ3) is 9.00. The fraction of sp³-hybridized carbons (Fsp3) is 1.00. The molecule has 0 spiro atoms. The minimum atomic E-state index is 1.00. The largest absolute Gasteiger partial charge is 0.316 e. The van der Waals surface area contributed by atoms with Crippen LogP contribution >= 0.6 is 0 Å². The quantitative estimate of drug-likeness (QED) is 0.636. The van der Waals surface area contributed by atoms with Gasteiger partial charge in [0.2, 0.25) is 0 Å². The molecule has 0 aromatic heterocycles. The van der Waals surface area contributed by atoms with Crippen LogP contribution < -0.4 is 5.32 Å². The minimum absolute atomic E-state index is 1.00. The van der Waals surface area contributed by atoms with Gasteiger partial charge in [0.1, 0.15) is 0 Å². The average molecular weight is 282 g/mol. The molecule has 1 N–H and O–H groups in total. The van der Waals surface area contributed by atoms with Crippen molar-refractivity contribution in [3.05, 3.63) is 0 Å². The Morgan fingerprint density at radius 3 is 1.35 bits per heavy atom. The Labute approximate surface area is 128 Å². The molecule has 1 nitrogen and oxygen atoms in total. The first-order chi connectivity index (χ1) is 9.86. The summed E-state index contributed by atoms with van der Waals surface area (Å²) >= 11 is 0. The maximum Gasteiger partial charge on any atom is -0.00204 e. The number of rotatable bonds is 6. The van der Waals surface area contributed by atoms with Crippen LogP contribution in [0.15, 0.2) is 0 Å². The Hall–Kier alpha value is -0.0400. The SMILES string of the molecule is C1CCC(CNCC2CCCCC2)CC1.CCCCC. The number of hydrogen-bond acceptors (Lipinski definition) is 1. The van der Waals surface area contributed by atoms with Crippen LogP contribution in [0, 0.1) is 11.8 Å². The molecular weight excluding hydrogens is 242 g/mol. The second-order valence-electron chi connectivity index (χ2n) is 7.02. The molecule has 2 aliphatic carbocycles. The van der Waals surface area contributed by atoms with Gasteiger partial charge in [-0.1, -0.05) is 71.6 Å². The minimum Gasteiger partial charge on any atom is -0.316 e. The lowest BCUT2D eigenvalue weighted by molar-refractivity contribution is 0.305. The summed E-state index contributed by atoms with van der Waals surface area (Å²) in [4.78, 5) is 0. The fourth-order valence-corrected chi connectivity index (χ4v) is 3.63. The van der Waals surface area contributed by atoms with Gasteiger partial charge in [0.05, 0.1) is 0 Å². The highest BCUT2D eigenvalue weighted by atomic mass is 14.9. The molecular formula is C19H39N. The predicted molar refractivity (Wildman–Crippen MR) is 91.2 cm³/mol. The van der Waals surface area contributed by atoms with Crippen molar-refractivity contribution in [2.24, 2.45) is 11.8 Å². The van der Waals surface area contributed by atoms with Gasteiger partial charge in [-0.15, -0.1) is 0 Å². The first-order valence-corrected chi connectivity index (χ1v) is 9.57. The number of hydrogen-bond donors (Lipinski definition) is 1. The van der Waals surface area contributed by atoms with Crippen molar-refractivity contribution in [2.75, 3.05) is 13.1 Å². The topological polar surface area (TPSA) is 12.0 Å². The molecule has 0 bridgehead atoms. The van der Waals surface area contributed by atoms with Crippen molar-refractivity contribution < 1.29 is 0 Å². The lowest BCUT2D eigenvalue weighted by Gasteiger charge is -2.25. The molecule has 2 rings (SSSR count). The predicted octanol–water partition coefficient (Wildman–Crippen LogP) is 5.93. The molecule has 0 unspecified atom stereocenters. The summed E-state index contributed by atoms with van der Waals surface area (Å²) in [7, 11) is 0. The Morgan fingerprint density at radius 1 is 0.650 bits per heavy atom. The smallest absolute Gasteiger partial charge is 0.00204 e. The van der Waals surface area contributed by atoms with E-state index in [0.29, 0.717) is 0 Å². The summed E-state index contributed by atoms with van der Waals surface area (Å²) in [6.07, 6.45) is 18.9. The van der Waals surface area contributed by atoms with Crippen molar-refractivity contribution in [3.63, 3.8) is 0 Å². The van der Waals surface area contributed by atoms with Crippen molar-refractivity contribution in [1.82, 2.24) is 5.32 Å². The lowest BCUT2D eigenvalue weighted by atomic mass is 9.87. The van der Waals surface area contributed by atoms with Crippen LogP contribution in [0.2, 0.25) is 0 Å².